The van der Waals surface area contributed by atoms with E-state index in [9.17, 15) is 0 Å². The minimum atomic E-state index is 0.665. The highest BCUT2D eigenvalue weighted by atomic mass is 16.5. The van der Waals surface area contributed by atoms with E-state index in [4.69, 9.17) is 4.74 Å². The van der Waals surface area contributed by atoms with Gasteiger partial charge in [0.2, 0.25) is 0 Å². The molecular formula is C18H31NO. The van der Waals surface area contributed by atoms with E-state index in [2.05, 4.69) is 50.4 Å². The predicted molar refractivity (Wildman–Crippen MR) is 87.5 cm³/mol. The molecular weight excluding hydrogens is 246 g/mol. The molecule has 20 heavy (non-hydrogen) atoms. The van der Waals surface area contributed by atoms with Gasteiger partial charge >= 0.3 is 0 Å². The van der Waals surface area contributed by atoms with Gasteiger partial charge in [0.15, 0.2) is 0 Å². The lowest BCUT2D eigenvalue weighted by Crippen LogP contribution is -2.35. The maximum Gasteiger partial charge on any atom is 0.118 e. The number of hydrogen-bond donors (Lipinski definition) is 1. The molecule has 2 nitrogen and oxygen atoms in total. The van der Waals surface area contributed by atoms with Crippen molar-refractivity contribution in [3.05, 3.63) is 29.8 Å². The van der Waals surface area contributed by atoms with Gasteiger partial charge in [-0.2, -0.15) is 0 Å². The molecule has 0 aliphatic rings. The van der Waals surface area contributed by atoms with Crippen molar-refractivity contribution in [2.24, 2.45) is 5.92 Å². The van der Waals surface area contributed by atoms with Gasteiger partial charge in [-0.1, -0.05) is 39.3 Å². The van der Waals surface area contributed by atoms with Crippen LogP contribution in [0.25, 0.3) is 0 Å². The molecule has 1 aromatic rings. The lowest BCUT2D eigenvalue weighted by Gasteiger charge is -2.25. The lowest BCUT2D eigenvalue weighted by atomic mass is 9.91. The Labute approximate surface area is 124 Å². The molecule has 0 fully saturated rings. The van der Waals surface area contributed by atoms with Crippen LogP contribution < -0.4 is 10.1 Å². The molecule has 0 radical (unpaired) electrons. The van der Waals surface area contributed by atoms with Gasteiger partial charge in [-0.15, -0.1) is 0 Å². The van der Waals surface area contributed by atoms with E-state index >= 15 is 0 Å². The number of hydrogen-bond acceptors (Lipinski definition) is 2. The molecule has 0 heterocycles. The molecule has 0 amide bonds. The van der Waals surface area contributed by atoms with E-state index < -0.39 is 0 Å². The second kappa shape index (κ2) is 9.82. The van der Waals surface area contributed by atoms with Gasteiger partial charge in [0, 0.05) is 6.04 Å². The van der Waals surface area contributed by atoms with Crippen LogP contribution in [-0.4, -0.2) is 19.7 Å². The summed E-state index contributed by atoms with van der Waals surface area (Å²) < 4.78 is 5.20. The average molecular weight is 277 g/mol. The maximum absolute atomic E-state index is 5.20. The lowest BCUT2D eigenvalue weighted by molar-refractivity contribution is 0.337. The van der Waals surface area contributed by atoms with Crippen molar-refractivity contribution in [1.29, 1.82) is 0 Å². The molecule has 0 bridgehead atoms. The van der Waals surface area contributed by atoms with Crippen LogP contribution in [0.15, 0.2) is 24.3 Å². The van der Waals surface area contributed by atoms with Gasteiger partial charge in [-0.05, 0) is 55.8 Å². The van der Waals surface area contributed by atoms with Crippen LogP contribution in [0, 0.1) is 5.92 Å². The van der Waals surface area contributed by atoms with Crippen molar-refractivity contribution in [2.75, 3.05) is 13.7 Å². The summed E-state index contributed by atoms with van der Waals surface area (Å²) >= 11 is 0. The third-order valence-corrected chi connectivity index (χ3v) is 3.99. The molecule has 0 saturated carbocycles. The maximum atomic E-state index is 5.20. The fraction of sp³-hybridized carbons (Fsp3) is 0.667. The zero-order chi connectivity index (χ0) is 14.8. The summed E-state index contributed by atoms with van der Waals surface area (Å²) in [5.74, 6) is 1.67. The normalized spacial score (nSPS) is 14.0. The van der Waals surface area contributed by atoms with Crippen molar-refractivity contribution in [3.63, 3.8) is 0 Å². The van der Waals surface area contributed by atoms with E-state index in [1.54, 1.807) is 7.11 Å². The van der Waals surface area contributed by atoms with Gasteiger partial charge in [-0.25, -0.2) is 0 Å². The minimum absolute atomic E-state index is 0.665. The molecule has 1 rings (SSSR count). The first-order valence-electron chi connectivity index (χ1n) is 8.07. The fourth-order valence-corrected chi connectivity index (χ4v) is 2.62. The van der Waals surface area contributed by atoms with Gasteiger partial charge in [0.05, 0.1) is 7.11 Å². The van der Waals surface area contributed by atoms with E-state index in [1.165, 1.54) is 31.2 Å². The number of rotatable bonds is 10. The Morgan fingerprint density at radius 2 is 1.75 bits per heavy atom. The summed E-state index contributed by atoms with van der Waals surface area (Å²) in [6.07, 6.45) is 6.15. The SMILES string of the molecule is CCCNC(CCC)C(C)CCc1ccc(OC)cc1. The van der Waals surface area contributed by atoms with E-state index in [0.29, 0.717) is 6.04 Å². The Bertz CT molecular complexity index is 347. The van der Waals surface area contributed by atoms with Crippen LogP contribution >= 0.6 is 0 Å². The Kier molecular flexibility index (Phi) is 8.36. The van der Waals surface area contributed by atoms with E-state index in [1.807, 2.05) is 0 Å². The van der Waals surface area contributed by atoms with Crippen LogP contribution in [0.1, 0.15) is 52.0 Å². The quantitative estimate of drug-likeness (QED) is 0.683. The summed E-state index contributed by atoms with van der Waals surface area (Å²) in [5.41, 5.74) is 1.41. The van der Waals surface area contributed by atoms with Crippen molar-refractivity contribution >= 4 is 0 Å². The number of nitrogens with one attached hydrogen (secondary N) is 1. The largest absolute Gasteiger partial charge is 0.497 e. The van der Waals surface area contributed by atoms with E-state index in [-0.39, 0.29) is 0 Å². The summed E-state index contributed by atoms with van der Waals surface area (Å²) in [6.45, 7) is 8.03. The number of methoxy groups -OCH3 is 1. The van der Waals surface area contributed by atoms with Crippen molar-refractivity contribution in [1.82, 2.24) is 5.32 Å². The predicted octanol–water partition coefficient (Wildman–Crippen LogP) is 4.43. The zero-order valence-electron chi connectivity index (χ0n) is 13.6. The molecule has 0 aromatic heterocycles. The first-order valence-corrected chi connectivity index (χ1v) is 8.07. The number of benzene rings is 1. The van der Waals surface area contributed by atoms with Crippen LogP contribution in [0.5, 0.6) is 5.75 Å². The molecule has 0 aliphatic carbocycles. The van der Waals surface area contributed by atoms with Gasteiger partial charge < -0.3 is 10.1 Å². The highest BCUT2D eigenvalue weighted by Crippen LogP contribution is 2.18. The zero-order valence-corrected chi connectivity index (χ0v) is 13.6. The van der Waals surface area contributed by atoms with Crippen LogP contribution in [0.3, 0.4) is 0 Å². The summed E-state index contributed by atoms with van der Waals surface area (Å²) in [6, 6.07) is 9.13. The molecule has 0 aliphatic heterocycles. The fourth-order valence-electron chi connectivity index (χ4n) is 2.62. The highest BCUT2D eigenvalue weighted by molar-refractivity contribution is 5.27. The average Bonchev–Trinajstić information content (AvgIpc) is 2.49. The molecule has 2 heteroatoms. The van der Waals surface area contributed by atoms with Crippen LogP contribution in [0.4, 0.5) is 0 Å². The standard InChI is InChI=1S/C18H31NO/c1-5-7-18(19-14-6-2)15(3)8-9-16-10-12-17(20-4)13-11-16/h10-13,15,18-19H,5-9,14H2,1-4H3. The second-order valence-electron chi connectivity index (χ2n) is 5.71. The number of ether oxygens (including phenoxy) is 1. The molecule has 1 aromatic carbocycles. The van der Waals surface area contributed by atoms with Crippen LogP contribution in [-0.2, 0) is 6.42 Å². The van der Waals surface area contributed by atoms with Gasteiger partial charge in [-0.3, -0.25) is 0 Å². The van der Waals surface area contributed by atoms with Crippen molar-refractivity contribution < 1.29 is 4.74 Å². The Balaban J connectivity index is 2.43. The van der Waals surface area contributed by atoms with Gasteiger partial charge in [0.25, 0.3) is 0 Å². The molecule has 2 atom stereocenters. The molecule has 114 valence electrons. The van der Waals surface area contributed by atoms with Crippen molar-refractivity contribution in [2.45, 2.75) is 58.9 Å². The topological polar surface area (TPSA) is 21.3 Å². The first-order chi connectivity index (χ1) is 9.71. The molecule has 0 spiro atoms. The molecule has 0 saturated heterocycles. The van der Waals surface area contributed by atoms with Crippen molar-refractivity contribution in [3.8, 4) is 5.75 Å². The third kappa shape index (κ3) is 5.96. The smallest absolute Gasteiger partial charge is 0.118 e. The summed E-state index contributed by atoms with van der Waals surface area (Å²) in [4.78, 5) is 0. The highest BCUT2D eigenvalue weighted by Gasteiger charge is 2.15. The number of aryl methyl sites for hydroxylation is 1. The Morgan fingerprint density at radius 3 is 2.30 bits per heavy atom. The second-order valence-corrected chi connectivity index (χ2v) is 5.71. The van der Waals surface area contributed by atoms with E-state index in [0.717, 1.165) is 24.6 Å². The Morgan fingerprint density at radius 1 is 1.05 bits per heavy atom. The third-order valence-electron chi connectivity index (χ3n) is 3.99. The summed E-state index contributed by atoms with van der Waals surface area (Å²) in [5, 5.41) is 3.70. The molecule has 2 unspecified atom stereocenters. The summed E-state index contributed by atoms with van der Waals surface area (Å²) in [7, 11) is 1.71. The van der Waals surface area contributed by atoms with Crippen LogP contribution in [0.2, 0.25) is 0 Å². The first kappa shape index (κ1) is 17.0. The molecule has 1 N–H and O–H groups in total. The monoisotopic (exact) mass is 277 g/mol. The van der Waals surface area contributed by atoms with Gasteiger partial charge in [0.1, 0.15) is 5.75 Å². The minimum Gasteiger partial charge on any atom is -0.497 e. The Hall–Kier alpha value is -1.02.